The standard InChI is InChI=1S/C7H15NOS/c1-7(2,3)10-5-6(8)4-9/h4,6H,5,8H2,1-3H3. The lowest BCUT2D eigenvalue weighted by Gasteiger charge is -2.18. The van der Waals surface area contributed by atoms with Gasteiger partial charge < -0.3 is 10.5 Å². The van der Waals surface area contributed by atoms with Crippen LogP contribution in [0, 0.1) is 0 Å². The first-order chi connectivity index (χ1) is 4.45. The van der Waals surface area contributed by atoms with Crippen LogP contribution in [0.3, 0.4) is 0 Å². The van der Waals surface area contributed by atoms with Gasteiger partial charge in [-0.15, -0.1) is 0 Å². The lowest BCUT2D eigenvalue weighted by Crippen LogP contribution is -2.26. The highest BCUT2D eigenvalue weighted by atomic mass is 32.2. The van der Waals surface area contributed by atoms with Gasteiger partial charge in [-0.2, -0.15) is 11.8 Å². The third-order valence-corrected chi connectivity index (χ3v) is 2.30. The molecule has 0 amide bonds. The van der Waals surface area contributed by atoms with Crippen molar-refractivity contribution in [2.24, 2.45) is 5.73 Å². The van der Waals surface area contributed by atoms with Crippen LogP contribution in [-0.4, -0.2) is 22.8 Å². The highest BCUT2D eigenvalue weighted by molar-refractivity contribution is 8.00. The SMILES string of the molecule is CC(C)(C)SCC(N)C=O. The number of rotatable bonds is 3. The molecule has 0 aromatic heterocycles. The highest BCUT2D eigenvalue weighted by Gasteiger charge is 2.12. The normalized spacial score (nSPS) is 14.8. The minimum absolute atomic E-state index is 0.209. The Labute approximate surface area is 66.6 Å². The summed E-state index contributed by atoms with van der Waals surface area (Å²) in [4.78, 5) is 10.1. The maximum Gasteiger partial charge on any atom is 0.137 e. The minimum atomic E-state index is -0.302. The van der Waals surface area contributed by atoms with E-state index in [-0.39, 0.29) is 10.8 Å². The maximum atomic E-state index is 10.1. The van der Waals surface area contributed by atoms with Gasteiger partial charge in [0.1, 0.15) is 6.29 Å². The number of hydrogen-bond donors (Lipinski definition) is 1. The molecule has 2 N–H and O–H groups in total. The molecule has 1 atom stereocenters. The van der Waals surface area contributed by atoms with Gasteiger partial charge in [0, 0.05) is 10.5 Å². The van der Waals surface area contributed by atoms with E-state index in [0.717, 1.165) is 6.29 Å². The second kappa shape index (κ2) is 3.98. The molecule has 0 aliphatic carbocycles. The van der Waals surface area contributed by atoms with Crippen LogP contribution in [0.15, 0.2) is 0 Å². The van der Waals surface area contributed by atoms with E-state index in [9.17, 15) is 4.79 Å². The van der Waals surface area contributed by atoms with Crippen LogP contribution in [-0.2, 0) is 4.79 Å². The molecule has 0 fully saturated rings. The van der Waals surface area contributed by atoms with Crippen molar-refractivity contribution in [3.05, 3.63) is 0 Å². The van der Waals surface area contributed by atoms with Gasteiger partial charge in [-0.1, -0.05) is 20.8 Å². The predicted molar refractivity (Wildman–Crippen MR) is 46.3 cm³/mol. The zero-order valence-electron chi connectivity index (χ0n) is 6.76. The second-order valence-corrected chi connectivity index (χ2v) is 5.07. The van der Waals surface area contributed by atoms with Crippen LogP contribution in [0.1, 0.15) is 20.8 Å². The maximum absolute atomic E-state index is 10.1. The molecule has 0 radical (unpaired) electrons. The molecule has 0 aliphatic heterocycles. The molecular weight excluding hydrogens is 146 g/mol. The first-order valence-electron chi connectivity index (χ1n) is 3.30. The average Bonchev–Trinajstić information content (AvgIpc) is 1.81. The van der Waals surface area contributed by atoms with E-state index >= 15 is 0 Å². The summed E-state index contributed by atoms with van der Waals surface area (Å²) in [6.07, 6.45) is 0.790. The summed E-state index contributed by atoms with van der Waals surface area (Å²) in [6, 6.07) is -0.302. The second-order valence-electron chi connectivity index (χ2n) is 3.22. The molecule has 0 spiro atoms. The van der Waals surface area contributed by atoms with Gasteiger partial charge in [0.25, 0.3) is 0 Å². The van der Waals surface area contributed by atoms with Gasteiger partial charge in [0.15, 0.2) is 0 Å². The van der Waals surface area contributed by atoms with Crippen molar-refractivity contribution in [3.63, 3.8) is 0 Å². The lowest BCUT2D eigenvalue weighted by atomic mass is 10.3. The fraction of sp³-hybridized carbons (Fsp3) is 0.857. The number of carbonyl (C=O) groups is 1. The van der Waals surface area contributed by atoms with Crippen LogP contribution in [0.4, 0.5) is 0 Å². The van der Waals surface area contributed by atoms with Crippen LogP contribution in [0.2, 0.25) is 0 Å². The summed E-state index contributed by atoms with van der Waals surface area (Å²) in [5, 5.41) is 0. The number of carbonyl (C=O) groups excluding carboxylic acids is 1. The number of hydrogen-bond acceptors (Lipinski definition) is 3. The van der Waals surface area contributed by atoms with Crippen molar-refractivity contribution in [1.82, 2.24) is 0 Å². The van der Waals surface area contributed by atoms with E-state index in [2.05, 4.69) is 20.8 Å². The van der Waals surface area contributed by atoms with Crippen molar-refractivity contribution in [1.29, 1.82) is 0 Å². The third-order valence-electron chi connectivity index (χ3n) is 0.884. The zero-order chi connectivity index (χ0) is 8.20. The Kier molecular flexibility index (Phi) is 3.98. The molecule has 60 valence electrons. The monoisotopic (exact) mass is 161 g/mol. The largest absolute Gasteiger partial charge is 0.321 e. The van der Waals surface area contributed by atoms with E-state index in [1.807, 2.05) is 0 Å². The molecular formula is C7H15NOS. The van der Waals surface area contributed by atoms with Gasteiger partial charge in [0.2, 0.25) is 0 Å². The average molecular weight is 161 g/mol. The third kappa shape index (κ3) is 6.11. The van der Waals surface area contributed by atoms with Crippen LogP contribution >= 0.6 is 11.8 Å². The Balaban J connectivity index is 3.45. The zero-order valence-corrected chi connectivity index (χ0v) is 7.57. The molecule has 0 aliphatic rings. The van der Waals surface area contributed by atoms with Crippen molar-refractivity contribution in [3.8, 4) is 0 Å². The van der Waals surface area contributed by atoms with E-state index < -0.39 is 0 Å². The van der Waals surface area contributed by atoms with Crippen LogP contribution in [0.25, 0.3) is 0 Å². The topological polar surface area (TPSA) is 43.1 Å². The Hall–Kier alpha value is -0.0200. The molecule has 0 bridgehead atoms. The Morgan fingerprint density at radius 3 is 2.40 bits per heavy atom. The van der Waals surface area contributed by atoms with E-state index in [1.54, 1.807) is 11.8 Å². The van der Waals surface area contributed by atoms with E-state index in [1.165, 1.54) is 0 Å². The van der Waals surface area contributed by atoms with E-state index in [4.69, 9.17) is 5.73 Å². The molecule has 0 aromatic carbocycles. The summed E-state index contributed by atoms with van der Waals surface area (Å²) in [7, 11) is 0. The van der Waals surface area contributed by atoms with Gasteiger partial charge in [0.05, 0.1) is 6.04 Å². The molecule has 0 saturated carbocycles. The Bertz CT molecular complexity index is 109. The fourth-order valence-corrected chi connectivity index (χ4v) is 1.16. The summed E-state index contributed by atoms with van der Waals surface area (Å²) >= 11 is 1.71. The van der Waals surface area contributed by atoms with Crippen LogP contribution < -0.4 is 5.73 Å². The van der Waals surface area contributed by atoms with Gasteiger partial charge in [-0.25, -0.2) is 0 Å². The molecule has 0 rings (SSSR count). The smallest absolute Gasteiger partial charge is 0.137 e. The highest BCUT2D eigenvalue weighted by Crippen LogP contribution is 2.22. The summed E-state index contributed by atoms with van der Waals surface area (Å²) in [6.45, 7) is 6.32. The Morgan fingerprint density at radius 2 is 2.10 bits per heavy atom. The van der Waals surface area contributed by atoms with Crippen molar-refractivity contribution in [2.75, 3.05) is 5.75 Å². The number of thioether (sulfide) groups is 1. The Morgan fingerprint density at radius 1 is 1.60 bits per heavy atom. The molecule has 0 saturated heterocycles. The first kappa shape index (κ1) is 9.98. The van der Waals surface area contributed by atoms with Crippen LogP contribution in [0.5, 0.6) is 0 Å². The van der Waals surface area contributed by atoms with Gasteiger partial charge in [-0.05, 0) is 0 Å². The lowest BCUT2D eigenvalue weighted by molar-refractivity contribution is -0.108. The van der Waals surface area contributed by atoms with Crippen molar-refractivity contribution in [2.45, 2.75) is 31.6 Å². The molecule has 3 heteroatoms. The van der Waals surface area contributed by atoms with Crippen molar-refractivity contribution >= 4 is 18.0 Å². The predicted octanol–water partition coefficient (Wildman–Crippen LogP) is 1.04. The van der Waals surface area contributed by atoms with Gasteiger partial charge in [-0.3, -0.25) is 0 Å². The summed E-state index contributed by atoms with van der Waals surface area (Å²) in [5.74, 6) is 0.715. The molecule has 0 heterocycles. The quantitative estimate of drug-likeness (QED) is 0.629. The summed E-state index contributed by atoms with van der Waals surface area (Å²) in [5.41, 5.74) is 5.39. The number of aldehydes is 1. The molecule has 2 nitrogen and oxygen atoms in total. The number of nitrogens with two attached hydrogens (primary N) is 1. The first-order valence-corrected chi connectivity index (χ1v) is 4.29. The fourth-order valence-electron chi connectivity index (χ4n) is 0.386. The van der Waals surface area contributed by atoms with E-state index in [0.29, 0.717) is 5.75 Å². The molecule has 10 heavy (non-hydrogen) atoms. The summed E-state index contributed by atoms with van der Waals surface area (Å²) < 4.78 is 0.209. The van der Waals surface area contributed by atoms with Crippen molar-refractivity contribution < 1.29 is 4.79 Å². The molecule has 0 aromatic rings. The molecule has 1 unspecified atom stereocenters. The minimum Gasteiger partial charge on any atom is -0.321 e. The van der Waals surface area contributed by atoms with Gasteiger partial charge >= 0.3 is 0 Å².